The van der Waals surface area contributed by atoms with Crippen molar-refractivity contribution in [1.82, 2.24) is 4.31 Å². The molecule has 1 radical (unpaired) electrons. The van der Waals surface area contributed by atoms with Crippen molar-refractivity contribution in [3.63, 3.8) is 0 Å². The van der Waals surface area contributed by atoms with Crippen LogP contribution in [0.25, 0.3) is 0 Å². The molecule has 2 atom stereocenters. The van der Waals surface area contributed by atoms with Crippen LogP contribution in [0.2, 0.25) is 0 Å². The number of benzene rings is 1. The molecular formula is C19H25NO3RhS. The number of Topliss-reactive ketones (excluding diaryl/α,β-unsaturated/α-hetero) is 1. The second kappa shape index (κ2) is 8.15. The molecular weight excluding hydrogens is 425 g/mol. The third-order valence-electron chi connectivity index (χ3n) is 3.87. The minimum absolute atomic E-state index is 0. The van der Waals surface area contributed by atoms with Crippen LogP contribution in [-0.2, 0) is 34.3 Å². The summed E-state index contributed by atoms with van der Waals surface area (Å²) in [6.45, 7) is 2.64. The summed E-state index contributed by atoms with van der Waals surface area (Å²) in [5.41, 5.74) is -1.04. The molecule has 0 N–H and O–H groups in total. The second-order valence-corrected chi connectivity index (χ2v) is 8.45. The van der Waals surface area contributed by atoms with Gasteiger partial charge in [-0.05, 0) is 32.0 Å². The normalized spacial score (nSPS) is 29.5. The summed E-state index contributed by atoms with van der Waals surface area (Å²) in [6, 6.07) is 6.17. The van der Waals surface area contributed by atoms with Crippen molar-refractivity contribution >= 4 is 15.8 Å². The molecule has 0 unspecified atom stereocenters. The van der Waals surface area contributed by atoms with Gasteiger partial charge in [-0.3, -0.25) is 0 Å². The number of rotatable bonds is 3. The van der Waals surface area contributed by atoms with Gasteiger partial charge in [0.1, 0.15) is 0 Å². The summed E-state index contributed by atoms with van der Waals surface area (Å²) in [6.07, 6.45) is -1.88. The Morgan fingerprint density at radius 1 is 1.48 bits per heavy atom. The van der Waals surface area contributed by atoms with E-state index in [2.05, 4.69) is 6.92 Å². The van der Waals surface area contributed by atoms with E-state index < -0.39 is 59.0 Å². The zero-order valence-electron chi connectivity index (χ0n) is 20.1. The molecule has 0 bridgehead atoms. The maximum atomic E-state index is 13.2. The summed E-state index contributed by atoms with van der Waals surface area (Å²) in [5, 5.41) is 0. The number of aryl methyl sites for hydroxylation is 1. The SMILES string of the molecule is [2H]C([2H])=C([C-]1C(=O)C[C@@]([CH2-])(C)CN(S(=O)(=O)c2ccc(C)cc2)C[C@@H]1[2H])C([2H])([2H])[2H].[Rh+2]. The fourth-order valence-electron chi connectivity index (χ4n) is 2.62. The van der Waals surface area contributed by atoms with E-state index in [4.69, 9.17) is 8.22 Å². The van der Waals surface area contributed by atoms with Crippen molar-refractivity contribution in [2.75, 3.05) is 13.1 Å². The molecule has 1 aromatic carbocycles. The Balaban J connectivity index is 0.00000480. The maximum absolute atomic E-state index is 13.2. The van der Waals surface area contributed by atoms with Crippen LogP contribution in [0, 0.1) is 25.2 Å². The van der Waals surface area contributed by atoms with Crippen molar-refractivity contribution in [3.05, 3.63) is 54.8 Å². The van der Waals surface area contributed by atoms with Gasteiger partial charge in [-0.25, -0.2) is 24.8 Å². The number of allylic oxidation sites excluding steroid dienone is 1. The van der Waals surface area contributed by atoms with Crippen molar-refractivity contribution in [2.45, 2.75) is 38.4 Å². The van der Waals surface area contributed by atoms with Crippen LogP contribution in [0.3, 0.4) is 0 Å². The number of ketones is 1. The van der Waals surface area contributed by atoms with E-state index in [0.717, 1.165) is 9.87 Å². The number of carbonyl (C=O) groups excluding carboxylic acids is 1. The predicted molar refractivity (Wildman–Crippen MR) is 95.7 cm³/mol. The van der Waals surface area contributed by atoms with Crippen LogP contribution < -0.4 is 0 Å². The number of sulfonamides is 1. The first-order chi connectivity index (χ1) is 13.6. The summed E-state index contributed by atoms with van der Waals surface area (Å²) in [7, 11) is -4.05. The van der Waals surface area contributed by atoms with Crippen molar-refractivity contribution in [1.29, 1.82) is 0 Å². The van der Waals surface area contributed by atoms with E-state index in [9.17, 15) is 13.2 Å². The molecule has 0 spiro atoms. The smallest absolute Gasteiger partial charge is 0.336 e. The summed E-state index contributed by atoms with van der Waals surface area (Å²) >= 11 is 0. The van der Waals surface area contributed by atoms with Gasteiger partial charge in [-0.2, -0.15) is 0 Å². The van der Waals surface area contributed by atoms with Crippen LogP contribution in [0.15, 0.2) is 41.3 Å². The third kappa shape index (κ3) is 5.26. The molecule has 1 saturated heterocycles. The molecule has 1 aliphatic heterocycles. The Morgan fingerprint density at radius 2 is 2.12 bits per heavy atom. The molecule has 2 rings (SSSR count). The van der Waals surface area contributed by atoms with Crippen LogP contribution in [0.4, 0.5) is 0 Å². The van der Waals surface area contributed by atoms with Crippen LogP contribution in [-0.4, -0.2) is 31.6 Å². The standard InChI is InChI=1S/C19H25NO3S.Rh/c1-14(2)17-10-11-20(13-19(4,5)12-18(17)21)24(22,23)16-8-6-15(3)7-9-16;/h6-9H,1,4,10-13H2,2-3,5H3;/q-2;+2/t19-;/m1./s1/i1D2,2D3,10D;/t10-,19+;/m0.. The Morgan fingerprint density at radius 3 is 2.68 bits per heavy atom. The van der Waals surface area contributed by atoms with Gasteiger partial charge in [0.25, 0.3) is 0 Å². The maximum Gasteiger partial charge on any atom is 2.00 e. The molecule has 1 aliphatic rings. The van der Waals surface area contributed by atoms with Gasteiger partial charge in [0.2, 0.25) is 10.0 Å². The zero-order chi connectivity index (χ0) is 23.1. The molecule has 0 saturated carbocycles. The van der Waals surface area contributed by atoms with Gasteiger partial charge in [0.05, 0.1) is 10.7 Å². The monoisotopic (exact) mass is 456 g/mol. The van der Waals surface area contributed by atoms with Gasteiger partial charge in [-0.15, -0.1) is 11.3 Å². The number of hydrogen-bond acceptors (Lipinski definition) is 3. The van der Waals surface area contributed by atoms with Gasteiger partial charge in [-0.1, -0.05) is 40.6 Å². The zero-order valence-corrected chi connectivity index (χ0v) is 16.6. The number of carbonyl (C=O) groups is 1. The van der Waals surface area contributed by atoms with E-state index in [0.29, 0.717) is 0 Å². The van der Waals surface area contributed by atoms with Crippen LogP contribution in [0.1, 0.15) is 40.4 Å². The molecule has 0 aromatic heterocycles. The molecule has 1 heterocycles. The fourth-order valence-corrected chi connectivity index (χ4v) is 4.15. The van der Waals surface area contributed by atoms with Gasteiger partial charge < -0.3 is 11.7 Å². The molecule has 1 fully saturated rings. The third-order valence-corrected chi connectivity index (χ3v) is 5.70. The van der Waals surface area contributed by atoms with Crippen molar-refractivity contribution in [3.8, 4) is 0 Å². The first-order valence-electron chi connectivity index (χ1n) is 10.6. The fraction of sp³-hybridized carbons (Fsp3) is 0.421. The van der Waals surface area contributed by atoms with E-state index in [-0.39, 0.29) is 37.3 Å². The van der Waals surface area contributed by atoms with E-state index >= 15 is 0 Å². The molecule has 4 nitrogen and oxygen atoms in total. The molecule has 139 valence electrons. The Labute approximate surface area is 172 Å². The Kier molecular flexibility index (Phi) is 4.61. The number of nitrogens with zero attached hydrogens (tertiary/aromatic N) is 1. The second-order valence-electron chi connectivity index (χ2n) is 6.51. The summed E-state index contributed by atoms with van der Waals surface area (Å²) in [4.78, 5) is 12.8. The van der Waals surface area contributed by atoms with E-state index in [1.807, 2.05) is 6.92 Å². The molecule has 1 aromatic rings. The Bertz CT molecular complexity index is 940. The molecule has 0 amide bonds. The average molecular weight is 456 g/mol. The van der Waals surface area contributed by atoms with Crippen molar-refractivity contribution < 1.29 is 40.9 Å². The molecule has 6 heteroatoms. The largest absolute Gasteiger partial charge is 2.00 e. The van der Waals surface area contributed by atoms with E-state index in [1.54, 1.807) is 19.1 Å². The Hall–Kier alpha value is -0.967. The predicted octanol–water partition coefficient (Wildman–Crippen LogP) is 3.34. The average Bonchev–Trinajstić information content (AvgIpc) is 2.56. The minimum atomic E-state index is -4.05. The van der Waals surface area contributed by atoms with Gasteiger partial charge >= 0.3 is 19.5 Å². The van der Waals surface area contributed by atoms with Crippen LogP contribution >= 0.6 is 0 Å². The first kappa shape index (κ1) is 14.1. The van der Waals surface area contributed by atoms with Crippen LogP contribution in [0.5, 0.6) is 0 Å². The quantitative estimate of drug-likeness (QED) is 0.518. The van der Waals surface area contributed by atoms with Crippen molar-refractivity contribution in [2.24, 2.45) is 5.41 Å². The van der Waals surface area contributed by atoms with E-state index in [1.165, 1.54) is 12.1 Å². The topological polar surface area (TPSA) is 54.5 Å². The molecule has 0 aliphatic carbocycles. The first-order valence-corrected chi connectivity index (χ1v) is 8.93. The number of hydrogen-bond donors (Lipinski definition) is 0. The summed E-state index contributed by atoms with van der Waals surface area (Å²) in [5.74, 6) is -1.23. The van der Waals surface area contributed by atoms with Gasteiger partial charge in [0, 0.05) is 12.0 Å². The van der Waals surface area contributed by atoms with Gasteiger partial charge in [0.15, 0.2) is 0 Å². The minimum Gasteiger partial charge on any atom is -0.336 e. The summed E-state index contributed by atoms with van der Waals surface area (Å²) < 4.78 is 73.8. The molecule has 25 heavy (non-hydrogen) atoms.